The number of halogens is 2. The molecule has 0 N–H and O–H groups in total. The van der Waals surface area contributed by atoms with Crippen molar-refractivity contribution < 1.29 is 4.79 Å². The van der Waals surface area contributed by atoms with Crippen LogP contribution >= 0.6 is 34.5 Å². The van der Waals surface area contributed by atoms with Crippen molar-refractivity contribution in [3.8, 4) is 0 Å². The van der Waals surface area contributed by atoms with Crippen molar-refractivity contribution in [2.75, 3.05) is 0 Å². The predicted molar refractivity (Wildman–Crippen MR) is 76.5 cm³/mol. The lowest BCUT2D eigenvalue weighted by atomic mass is 10.3. The van der Waals surface area contributed by atoms with Crippen LogP contribution in [-0.2, 0) is 13.0 Å². The highest BCUT2D eigenvalue weighted by molar-refractivity contribution is 7.14. The van der Waals surface area contributed by atoms with E-state index in [4.69, 9.17) is 23.2 Å². The molecule has 0 unspecified atom stereocenters. The lowest BCUT2D eigenvalue weighted by Gasteiger charge is -2.03. The van der Waals surface area contributed by atoms with Gasteiger partial charge in [0.15, 0.2) is 5.78 Å². The molecule has 0 saturated carbocycles. The fraction of sp³-hybridized carbons (Fsp3) is 0.250. The second-order valence-corrected chi connectivity index (χ2v) is 5.77. The van der Waals surface area contributed by atoms with Crippen LogP contribution in [0.2, 0.25) is 10.0 Å². The van der Waals surface area contributed by atoms with Gasteiger partial charge in [-0.2, -0.15) is 5.10 Å². The third-order valence-corrected chi connectivity index (χ3v) is 4.54. The Morgan fingerprint density at radius 1 is 1.42 bits per heavy atom. The Kier molecular flexibility index (Phi) is 4.39. The van der Waals surface area contributed by atoms with Crippen LogP contribution in [0.15, 0.2) is 23.1 Å². The number of ketones is 1. The number of hydrogen-bond acceptors (Lipinski definition) is 4. The van der Waals surface area contributed by atoms with Crippen LogP contribution in [0.4, 0.5) is 0 Å². The number of carbonyl (C=O) groups excluding carboxylic acids is 1. The zero-order valence-electron chi connectivity index (χ0n) is 10.0. The number of hydrogen-bond donors (Lipinski definition) is 0. The van der Waals surface area contributed by atoms with Crippen LogP contribution in [0.3, 0.4) is 0 Å². The van der Waals surface area contributed by atoms with Gasteiger partial charge in [0.2, 0.25) is 0 Å². The zero-order chi connectivity index (χ0) is 14.0. The van der Waals surface area contributed by atoms with E-state index in [0.29, 0.717) is 4.88 Å². The molecule has 4 nitrogen and oxygen atoms in total. The third kappa shape index (κ3) is 3.05. The average Bonchev–Trinajstić information content (AvgIpc) is 2.88. The van der Waals surface area contributed by atoms with E-state index in [9.17, 15) is 9.59 Å². The molecule has 0 radical (unpaired) electrons. The highest BCUT2D eigenvalue weighted by Crippen LogP contribution is 2.18. The lowest BCUT2D eigenvalue weighted by molar-refractivity contribution is 0.0969. The van der Waals surface area contributed by atoms with Gasteiger partial charge in [-0.05, 0) is 18.6 Å². The smallest absolute Gasteiger partial charge is 0.287 e. The molecule has 0 aliphatic rings. The normalized spacial score (nSPS) is 10.7. The van der Waals surface area contributed by atoms with E-state index in [-0.39, 0.29) is 22.4 Å². The van der Waals surface area contributed by atoms with Crippen molar-refractivity contribution in [1.29, 1.82) is 0 Å². The number of carbonyl (C=O) groups is 1. The van der Waals surface area contributed by atoms with Gasteiger partial charge in [-0.25, -0.2) is 4.68 Å². The Hall–Kier alpha value is -1.17. The molecule has 2 aromatic heterocycles. The van der Waals surface area contributed by atoms with Crippen molar-refractivity contribution in [2.45, 2.75) is 19.9 Å². The van der Waals surface area contributed by atoms with E-state index in [1.807, 2.05) is 13.0 Å². The molecule has 0 amide bonds. The number of aromatic nitrogens is 2. The highest BCUT2D eigenvalue weighted by atomic mass is 35.5. The van der Waals surface area contributed by atoms with Gasteiger partial charge in [0.25, 0.3) is 5.56 Å². The first-order valence-corrected chi connectivity index (χ1v) is 7.13. The Balaban J connectivity index is 2.24. The first kappa shape index (κ1) is 14.2. The Morgan fingerprint density at radius 3 is 2.79 bits per heavy atom. The summed E-state index contributed by atoms with van der Waals surface area (Å²) >= 11 is 12.8. The Labute approximate surface area is 123 Å². The van der Waals surface area contributed by atoms with Gasteiger partial charge in [0, 0.05) is 4.88 Å². The summed E-state index contributed by atoms with van der Waals surface area (Å²) in [5.41, 5.74) is -0.560. The summed E-state index contributed by atoms with van der Waals surface area (Å²) in [4.78, 5) is 25.5. The summed E-state index contributed by atoms with van der Waals surface area (Å²) in [5, 5.41) is 3.77. The number of rotatable bonds is 4. The van der Waals surface area contributed by atoms with Gasteiger partial charge < -0.3 is 0 Å². The van der Waals surface area contributed by atoms with Crippen molar-refractivity contribution in [3.63, 3.8) is 0 Å². The number of Topliss-reactive ketones (excluding diaryl/α,β-unsaturated/α-hetero) is 1. The summed E-state index contributed by atoms with van der Waals surface area (Å²) in [6, 6.07) is 3.66. The molecule has 0 bridgehead atoms. The van der Waals surface area contributed by atoms with Gasteiger partial charge in [-0.1, -0.05) is 30.1 Å². The maximum absolute atomic E-state index is 12.0. The van der Waals surface area contributed by atoms with Gasteiger partial charge >= 0.3 is 0 Å². The molecule has 2 rings (SSSR count). The number of thiophene rings is 1. The van der Waals surface area contributed by atoms with Crippen LogP contribution < -0.4 is 5.56 Å². The van der Waals surface area contributed by atoms with E-state index >= 15 is 0 Å². The maximum atomic E-state index is 12.0. The fourth-order valence-corrected chi connectivity index (χ4v) is 2.64. The molecule has 0 fully saturated rings. The van der Waals surface area contributed by atoms with Crippen molar-refractivity contribution in [1.82, 2.24) is 9.78 Å². The monoisotopic (exact) mass is 316 g/mol. The van der Waals surface area contributed by atoms with Crippen LogP contribution in [-0.4, -0.2) is 15.6 Å². The minimum atomic E-state index is -0.560. The van der Waals surface area contributed by atoms with E-state index in [1.165, 1.54) is 17.5 Å². The van der Waals surface area contributed by atoms with Gasteiger partial charge in [0.1, 0.15) is 11.6 Å². The molecule has 0 aliphatic carbocycles. The molecule has 0 spiro atoms. The fourth-order valence-electron chi connectivity index (χ4n) is 1.49. The Bertz CT molecular complexity index is 679. The summed E-state index contributed by atoms with van der Waals surface area (Å²) in [6.45, 7) is 1.88. The molecule has 19 heavy (non-hydrogen) atoms. The van der Waals surface area contributed by atoms with Crippen LogP contribution in [0.25, 0.3) is 0 Å². The van der Waals surface area contributed by atoms with Crippen molar-refractivity contribution in [2.24, 2.45) is 0 Å². The summed E-state index contributed by atoms with van der Waals surface area (Å²) in [7, 11) is 0. The highest BCUT2D eigenvalue weighted by Gasteiger charge is 2.13. The first-order valence-electron chi connectivity index (χ1n) is 5.56. The molecule has 0 aromatic carbocycles. The molecule has 0 atom stereocenters. The molecule has 0 aliphatic heterocycles. The second-order valence-electron chi connectivity index (χ2n) is 3.81. The van der Waals surface area contributed by atoms with Gasteiger partial charge in [0.05, 0.1) is 16.1 Å². The van der Waals surface area contributed by atoms with Crippen molar-refractivity contribution in [3.05, 3.63) is 48.5 Å². The van der Waals surface area contributed by atoms with Crippen LogP contribution in [0, 0.1) is 0 Å². The SMILES string of the molecule is CCc1ccc(C(=O)Cn2ncc(Cl)c(Cl)c2=O)s1. The molecule has 7 heteroatoms. The predicted octanol–water partition coefficient (Wildman–Crippen LogP) is 3.06. The van der Waals surface area contributed by atoms with E-state index in [1.54, 1.807) is 6.07 Å². The van der Waals surface area contributed by atoms with Gasteiger partial charge in [-0.3, -0.25) is 9.59 Å². The summed E-state index contributed by atoms with van der Waals surface area (Å²) < 4.78 is 1.02. The Morgan fingerprint density at radius 2 is 2.16 bits per heavy atom. The largest absolute Gasteiger partial charge is 0.291 e. The van der Waals surface area contributed by atoms with Crippen molar-refractivity contribution >= 4 is 40.3 Å². The molecule has 2 aromatic rings. The molecule has 0 saturated heterocycles. The van der Waals surface area contributed by atoms with Crippen LogP contribution in [0.1, 0.15) is 21.5 Å². The van der Waals surface area contributed by atoms with E-state index < -0.39 is 5.56 Å². The first-order chi connectivity index (χ1) is 9.02. The topological polar surface area (TPSA) is 52.0 Å². The summed E-state index contributed by atoms with van der Waals surface area (Å²) in [6.07, 6.45) is 2.13. The van der Waals surface area contributed by atoms with E-state index in [2.05, 4.69) is 5.10 Å². The molecular formula is C12H10Cl2N2O2S. The quantitative estimate of drug-likeness (QED) is 0.814. The maximum Gasteiger partial charge on any atom is 0.287 e. The average molecular weight is 317 g/mol. The van der Waals surface area contributed by atoms with Gasteiger partial charge in [-0.15, -0.1) is 11.3 Å². The minimum Gasteiger partial charge on any atom is -0.291 e. The molecule has 100 valence electrons. The minimum absolute atomic E-state index is 0.0831. The summed E-state index contributed by atoms with van der Waals surface area (Å²) in [5.74, 6) is -0.169. The zero-order valence-corrected chi connectivity index (χ0v) is 12.3. The van der Waals surface area contributed by atoms with Crippen LogP contribution in [0.5, 0.6) is 0 Å². The molecular weight excluding hydrogens is 307 g/mol. The third-order valence-electron chi connectivity index (χ3n) is 2.52. The number of aryl methyl sites for hydroxylation is 1. The lowest BCUT2D eigenvalue weighted by Crippen LogP contribution is -2.26. The molecule has 2 heterocycles. The second kappa shape index (κ2) is 5.86. The standard InChI is InChI=1S/C12H10Cl2N2O2S/c1-2-7-3-4-10(19-7)9(17)6-16-12(18)11(14)8(13)5-15-16/h3-5H,2,6H2,1H3. The van der Waals surface area contributed by atoms with E-state index in [0.717, 1.165) is 16.0 Å². The number of nitrogens with zero attached hydrogens (tertiary/aromatic N) is 2.